The fourth-order valence-corrected chi connectivity index (χ4v) is 1.58. The minimum absolute atomic E-state index is 0.114. The summed E-state index contributed by atoms with van der Waals surface area (Å²) in [6.45, 7) is 3.18. The Kier molecular flexibility index (Phi) is 4.55. The summed E-state index contributed by atoms with van der Waals surface area (Å²) >= 11 is 0. The number of amides is 1. The minimum atomic E-state index is -0.114. The van der Waals surface area contributed by atoms with E-state index in [2.05, 4.69) is 22.4 Å². The molecule has 0 radical (unpaired) electrons. The molecule has 5 heteroatoms. The summed E-state index contributed by atoms with van der Waals surface area (Å²) < 4.78 is 5.46. The van der Waals surface area contributed by atoms with Crippen LogP contribution in [0.2, 0.25) is 0 Å². The number of benzene rings is 1. The predicted octanol–water partition coefficient (Wildman–Crippen LogP) is 2.13. The zero-order chi connectivity index (χ0) is 13.5. The standard InChI is InChI=1S/C14H17N3O2/c1-2-9-19-13-5-3-11(4-6-13)14(18)15-10-12-7-8-16-17-12/h3-8H,2,9-10H2,1H3,(H,15,18)(H,16,17). The third-order valence-corrected chi connectivity index (χ3v) is 2.59. The van der Waals surface area contributed by atoms with Crippen molar-refractivity contribution in [3.63, 3.8) is 0 Å². The van der Waals surface area contributed by atoms with E-state index in [1.807, 2.05) is 6.07 Å². The maximum Gasteiger partial charge on any atom is 0.251 e. The van der Waals surface area contributed by atoms with E-state index in [1.165, 1.54) is 0 Å². The molecule has 2 rings (SSSR count). The summed E-state index contributed by atoms with van der Waals surface area (Å²) in [4.78, 5) is 11.9. The van der Waals surface area contributed by atoms with Crippen molar-refractivity contribution in [1.29, 1.82) is 0 Å². The van der Waals surface area contributed by atoms with Crippen LogP contribution in [0.4, 0.5) is 0 Å². The molecule has 2 N–H and O–H groups in total. The number of rotatable bonds is 6. The highest BCUT2D eigenvalue weighted by Crippen LogP contribution is 2.12. The molecule has 1 aromatic heterocycles. The molecule has 0 aliphatic rings. The first-order valence-corrected chi connectivity index (χ1v) is 6.29. The Morgan fingerprint density at radius 3 is 2.74 bits per heavy atom. The van der Waals surface area contributed by atoms with Crippen LogP contribution < -0.4 is 10.1 Å². The summed E-state index contributed by atoms with van der Waals surface area (Å²) in [6.07, 6.45) is 2.62. The number of aromatic nitrogens is 2. The van der Waals surface area contributed by atoms with Crippen molar-refractivity contribution in [3.05, 3.63) is 47.8 Å². The van der Waals surface area contributed by atoms with Crippen molar-refractivity contribution in [2.45, 2.75) is 19.9 Å². The summed E-state index contributed by atoms with van der Waals surface area (Å²) in [5.74, 6) is 0.670. The first-order valence-electron chi connectivity index (χ1n) is 6.29. The number of ether oxygens (including phenoxy) is 1. The highest BCUT2D eigenvalue weighted by Gasteiger charge is 2.05. The highest BCUT2D eigenvalue weighted by atomic mass is 16.5. The number of carbonyl (C=O) groups excluding carboxylic acids is 1. The fraction of sp³-hybridized carbons (Fsp3) is 0.286. The Labute approximate surface area is 112 Å². The second-order valence-corrected chi connectivity index (χ2v) is 4.14. The average Bonchev–Trinajstić information content (AvgIpc) is 2.96. The van der Waals surface area contributed by atoms with Gasteiger partial charge in [-0.05, 0) is 36.8 Å². The first-order chi connectivity index (χ1) is 9.29. The third kappa shape index (κ3) is 3.84. The number of nitrogens with zero attached hydrogens (tertiary/aromatic N) is 1. The summed E-state index contributed by atoms with van der Waals surface area (Å²) in [7, 11) is 0. The number of aromatic amines is 1. The highest BCUT2D eigenvalue weighted by molar-refractivity contribution is 5.94. The number of nitrogens with one attached hydrogen (secondary N) is 2. The van der Waals surface area contributed by atoms with E-state index in [0.717, 1.165) is 17.9 Å². The maximum atomic E-state index is 11.9. The molecule has 2 aromatic rings. The van der Waals surface area contributed by atoms with Gasteiger partial charge >= 0.3 is 0 Å². The molecule has 0 saturated carbocycles. The van der Waals surface area contributed by atoms with Crippen LogP contribution in [0.5, 0.6) is 5.75 Å². The van der Waals surface area contributed by atoms with Crippen LogP contribution in [0.1, 0.15) is 29.4 Å². The zero-order valence-corrected chi connectivity index (χ0v) is 10.8. The van der Waals surface area contributed by atoms with Crippen LogP contribution in [0.25, 0.3) is 0 Å². The molecular formula is C14H17N3O2. The lowest BCUT2D eigenvalue weighted by Crippen LogP contribution is -2.22. The van der Waals surface area contributed by atoms with Crippen LogP contribution in [0, 0.1) is 0 Å². The lowest BCUT2D eigenvalue weighted by atomic mass is 10.2. The molecule has 0 spiro atoms. The molecule has 0 aliphatic carbocycles. The second kappa shape index (κ2) is 6.58. The Bertz CT molecular complexity index is 506. The smallest absolute Gasteiger partial charge is 0.251 e. The summed E-state index contributed by atoms with van der Waals surface area (Å²) in [5.41, 5.74) is 1.49. The predicted molar refractivity (Wildman–Crippen MR) is 72.0 cm³/mol. The number of hydrogen-bond acceptors (Lipinski definition) is 3. The molecule has 0 atom stereocenters. The summed E-state index contributed by atoms with van der Waals surface area (Å²) in [5, 5.41) is 9.42. The van der Waals surface area contributed by atoms with Gasteiger partial charge in [0, 0.05) is 11.8 Å². The van der Waals surface area contributed by atoms with Gasteiger partial charge in [0.15, 0.2) is 0 Å². The van der Waals surface area contributed by atoms with Crippen molar-refractivity contribution in [3.8, 4) is 5.75 Å². The van der Waals surface area contributed by atoms with Crippen molar-refractivity contribution in [1.82, 2.24) is 15.5 Å². The molecule has 5 nitrogen and oxygen atoms in total. The Morgan fingerprint density at radius 2 is 2.11 bits per heavy atom. The Morgan fingerprint density at radius 1 is 1.32 bits per heavy atom. The van der Waals surface area contributed by atoms with Gasteiger partial charge in [-0.1, -0.05) is 6.92 Å². The van der Waals surface area contributed by atoms with Crippen molar-refractivity contribution < 1.29 is 9.53 Å². The van der Waals surface area contributed by atoms with Gasteiger partial charge in [-0.2, -0.15) is 5.10 Å². The molecule has 0 aliphatic heterocycles. The van der Waals surface area contributed by atoms with Crippen LogP contribution in [0.3, 0.4) is 0 Å². The van der Waals surface area contributed by atoms with Crippen LogP contribution in [-0.2, 0) is 6.54 Å². The molecule has 0 saturated heterocycles. The molecular weight excluding hydrogens is 242 g/mol. The van der Waals surface area contributed by atoms with Crippen LogP contribution in [0.15, 0.2) is 36.5 Å². The topological polar surface area (TPSA) is 67.0 Å². The van der Waals surface area contributed by atoms with E-state index in [1.54, 1.807) is 30.5 Å². The van der Waals surface area contributed by atoms with E-state index >= 15 is 0 Å². The van der Waals surface area contributed by atoms with E-state index in [9.17, 15) is 4.79 Å². The number of carbonyl (C=O) groups is 1. The van der Waals surface area contributed by atoms with Gasteiger partial charge in [0.05, 0.1) is 18.8 Å². The minimum Gasteiger partial charge on any atom is -0.494 e. The normalized spacial score (nSPS) is 10.2. The van der Waals surface area contributed by atoms with E-state index in [-0.39, 0.29) is 5.91 Å². The second-order valence-electron chi connectivity index (χ2n) is 4.14. The van der Waals surface area contributed by atoms with Gasteiger partial charge in [0.2, 0.25) is 0 Å². The van der Waals surface area contributed by atoms with Gasteiger partial charge in [-0.3, -0.25) is 9.89 Å². The molecule has 0 unspecified atom stereocenters. The zero-order valence-electron chi connectivity index (χ0n) is 10.8. The van der Waals surface area contributed by atoms with Crippen LogP contribution >= 0.6 is 0 Å². The lowest BCUT2D eigenvalue weighted by Gasteiger charge is -2.06. The molecule has 0 bridgehead atoms. The lowest BCUT2D eigenvalue weighted by molar-refractivity contribution is 0.0950. The quantitative estimate of drug-likeness (QED) is 0.835. The molecule has 0 fully saturated rings. The average molecular weight is 259 g/mol. The Balaban J connectivity index is 1.88. The van der Waals surface area contributed by atoms with Gasteiger partial charge in [0.25, 0.3) is 5.91 Å². The molecule has 1 aromatic carbocycles. The monoisotopic (exact) mass is 259 g/mol. The molecule has 19 heavy (non-hydrogen) atoms. The molecule has 1 heterocycles. The van der Waals surface area contributed by atoms with Gasteiger partial charge in [-0.15, -0.1) is 0 Å². The van der Waals surface area contributed by atoms with Crippen molar-refractivity contribution in [2.24, 2.45) is 0 Å². The number of H-pyrrole nitrogens is 1. The van der Waals surface area contributed by atoms with Gasteiger partial charge in [0.1, 0.15) is 5.75 Å². The van der Waals surface area contributed by atoms with E-state index < -0.39 is 0 Å². The third-order valence-electron chi connectivity index (χ3n) is 2.59. The van der Waals surface area contributed by atoms with Crippen molar-refractivity contribution >= 4 is 5.91 Å². The van der Waals surface area contributed by atoms with E-state index in [0.29, 0.717) is 18.7 Å². The first kappa shape index (κ1) is 13.1. The largest absolute Gasteiger partial charge is 0.494 e. The molecule has 1 amide bonds. The number of hydrogen-bond donors (Lipinski definition) is 2. The van der Waals surface area contributed by atoms with Gasteiger partial charge < -0.3 is 10.1 Å². The van der Waals surface area contributed by atoms with Crippen LogP contribution in [-0.4, -0.2) is 22.7 Å². The maximum absolute atomic E-state index is 11.9. The fourth-order valence-electron chi connectivity index (χ4n) is 1.58. The summed E-state index contributed by atoms with van der Waals surface area (Å²) in [6, 6.07) is 8.95. The SMILES string of the molecule is CCCOc1ccc(C(=O)NCc2ccn[nH]2)cc1. The van der Waals surface area contributed by atoms with Crippen molar-refractivity contribution in [2.75, 3.05) is 6.61 Å². The van der Waals surface area contributed by atoms with Gasteiger partial charge in [-0.25, -0.2) is 0 Å². The Hall–Kier alpha value is -2.30. The molecule has 100 valence electrons. The van der Waals surface area contributed by atoms with E-state index in [4.69, 9.17) is 4.74 Å².